The van der Waals surface area contributed by atoms with Gasteiger partial charge in [0.25, 0.3) is 5.56 Å². The first-order valence-corrected chi connectivity index (χ1v) is 12.2. The zero-order valence-electron chi connectivity index (χ0n) is 18.7. The largest absolute Gasteiger partial charge is 0.342 e. The van der Waals surface area contributed by atoms with Crippen LogP contribution in [0.15, 0.2) is 10.9 Å². The summed E-state index contributed by atoms with van der Waals surface area (Å²) in [5.41, 5.74) is 3.40. The Balaban J connectivity index is 1.18. The fraction of sp³-hybridized carbons (Fsp3) is 0.667. The molecule has 2 aliphatic carbocycles. The lowest BCUT2D eigenvalue weighted by Gasteiger charge is -2.33. The number of fused-ring (bicyclic) bond motifs is 2. The minimum atomic E-state index is -0.100. The summed E-state index contributed by atoms with van der Waals surface area (Å²) in [7, 11) is 0. The summed E-state index contributed by atoms with van der Waals surface area (Å²) >= 11 is 0. The summed E-state index contributed by atoms with van der Waals surface area (Å²) in [4.78, 5) is 46.7. The third-order valence-corrected chi connectivity index (χ3v) is 8.52. The van der Waals surface area contributed by atoms with Crippen molar-refractivity contribution in [2.24, 2.45) is 11.3 Å². The standard InChI is InChI=1S/C24H31N5O3/c1-2-21(30)28-11-6-18-16(14-28)22(31)29-20(25-18)12-19(26-29)15-4-9-27(10-5-15)23(32)17-13-24(17)7-3-8-24/h12,15,17,26H,2-11,13-14H2,1H3. The summed E-state index contributed by atoms with van der Waals surface area (Å²) in [6, 6.07) is 2.00. The highest BCUT2D eigenvalue weighted by molar-refractivity contribution is 5.83. The molecular formula is C24H31N5O3. The van der Waals surface area contributed by atoms with E-state index in [4.69, 9.17) is 4.98 Å². The Morgan fingerprint density at radius 3 is 2.62 bits per heavy atom. The number of H-pyrrole nitrogens is 1. The normalized spacial score (nSPS) is 24.5. The monoisotopic (exact) mass is 437 g/mol. The van der Waals surface area contributed by atoms with Crippen molar-refractivity contribution in [1.29, 1.82) is 0 Å². The number of nitrogens with zero attached hydrogens (tertiary/aromatic N) is 4. The number of nitrogens with one attached hydrogen (secondary N) is 1. The Morgan fingerprint density at radius 1 is 1.19 bits per heavy atom. The van der Waals surface area contributed by atoms with Gasteiger partial charge in [0.1, 0.15) is 0 Å². The number of rotatable bonds is 3. The average Bonchev–Trinajstić information content (AvgIpc) is 3.44. The molecule has 0 aromatic carbocycles. The molecule has 1 unspecified atom stereocenters. The maximum Gasteiger partial charge on any atom is 0.277 e. The number of hydrogen-bond donors (Lipinski definition) is 1. The van der Waals surface area contributed by atoms with Crippen molar-refractivity contribution in [1.82, 2.24) is 24.4 Å². The molecule has 4 heterocycles. The van der Waals surface area contributed by atoms with Gasteiger partial charge in [0, 0.05) is 56.1 Å². The zero-order chi connectivity index (χ0) is 22.0. The second kappa shape index (κ2) is 7.18. The summed E-state index contributed by atoms with van der Waals surface area (Å²) in [6.07, 6.45) is 7.76. The van der Waals surface area contributed by atoms with E-state index >= 15 is 0 Å². The van der Waals surface area contributed by atoms with Gasteiger partial charge in [-0.25, -0.2) is 9.50 Å². The van der Waals surface area contributed by atoms with Crippen LogP contribution >= 0.6 is 0 Å². The number of aromatic amines is 1. The van der Waals surface area contributed by atoms with Gasteiger partial charge in [-0.05, 0) is 37.5 Å². The van der Waals surface area contributed by atoms with Crippen LogP contribution in [0.3, 0.4) is 0 Å². The maximum atomic E-state index is 13.1. The van der Waals surface area contributed by atoms with Gasteiger partial charge in [-0.15, -0.1) is 0 Å². The molecule has 2 saturated carbocycles. The van der Waals surface area contributed by atoms with Gasteiger partial charge in [-0.1, -0.05) is 13.3 Å². The summed E-state index contributed by atoms with van der Waals surface area (Å²) in [5, 5.41) is 3.29. The summed E-state index contributed by atoms with van der Waals surface area (Å²) < 4.78 is 1.54. The fourth-order valence-corrected chi connectivity index (χ4v) is 6.16. The Bertz CT molecular complexity index is 1150. The van der Waals surface area contributed by atoms with Crippen LogP contribution in [0.5, 0.6) is 0 Å². The van der Waals surface area contributed by atoms with E-state index in [-0.39, 0.29) is 17.4 Å². The van der Waals surface area contributed by atoms with Crippen LogP contribution in [-0.2, 0) is 22.6 Å². The Hall–Kier alpha value is -2.64. The Labute approximate surface area is 187 Å². The molecule has 4 aliphatic rings. The lowest BCUT2D eigenvalue weighted by atomic mass is 9.79. The van der Waals surface area contributed by atoms with Crippen LogP contribution in [0, 0.1) is 11.3 Å². The van der Waals surface area contributed by atoms with Crippen LogP contribution in [0.4, 0.5) is 0 Å². The van der Waals surface area contributed by atoms with Crippen LogP contribution in [-0.4, -0.2) is 55.8 Å². The number of amides is 2. The second-order valence-corrected chi connectivity index (χ2v) is 10.2. The van der Waals surface area contributed by atoms with Gasteiger partial charge < -0.3 is 9.80 Å². The maximum absolute atomic E-state index is 13.1. The van der Waals surface area contributed by atoms with Gasteiger partial charge in [-0.3, -0.25) is 19.5 Å². The molecule has 3 fully saturated rings. The first-order valence-electron chi connectivity index (χ1n) is 12.2. The molecule has 2 aliphatic heterocycles. The van der Waals surface area contributed by atoms with E-state index in [1.54, 1.807) is 4.90 Å². The fourth-order valence-electron chi connectivity index (χ4n) is 6.16. The molecule has 1 spiro atoms. The predicted octanol–water partition coefficient (Wildman–Crippen LogP) is 2.21. The van der Waals surface area contributed by atoms with Crippen LogP contribution < -0.4 is 5.56 Å². The van der Waals surface area contributed by atoms with Crippen molar-refractivity contribution in [2.45, 2.75) is 70.8 Å². The number of carbonyl (C=O) groups excluding carboxylic acids is 2. The van der Waals surface area contributed by atoms with Gasteiger partial charge in [-0.2, -0.15) is 0 Å². The van der Waals surface area contributed by atoms with Gasteiger partial charge in [0.05, 0.1) is 17.8 Å². The Morgan fingerprint density at radius 2 is 1.97 bits per heavy atom. The van der Waals surface area contributed by atoms with E-state index in [1.165, 1.54) is 23.8 Å². The topological polar surface area (TPSA) is 90.8 Å². The van der Waals surface area contributed by atoms with Crippen molar-refractivity contribution >= 4 is 17.5 Å². The molecule has 0 radical (unpaired) electrons. The first-order chi connectivity index (χ1) is 15.5. The van der Waals surface area contributed by atoms with E-state index in [0.717, 1.165) is 43.7 Å². The molecule has 32 heavy (non-hydrogen) atoms. The summed E-state index contributed by atoms with van der Waals surface area (Å²) in [6.45, 7) is 4.39. The summed E-state index contributed by atoms with van der Waals surface area (Å²) in [5.74, 6) is 1.03. The van der Waals surface area contributed by atoms with Crippen molar-refractivity contribution < 1.29 is 9.59 Å². The number of carbonyl (C=O) groups is 2. The lowest BCUT2D eigenvalue weighted by Crippen LogP contribution is -2.40. The molecule has 170 valence electrons. The minimum Gasteiger partial charge on any atom is -0.342 e. The van der Waals surface area contributed by atoms with Crippen molar-refractivity contribution in [2.75, 3.05) is 19.6 Å². The van der Waals surface area contributed by atoms with Gasteiger partial charge >= 0.3 is 0 Å². The molecular weight excluding hydrogens is 406 g/mol. The van der Waals surface area contributed by atoms with Crippen molar-refractivity contribution in [3.8, 4) is 0 Å². The van der Waals surface area contributed by atoms with Crippen LogP contribution in [0.1, 0.15) is 74.7 Å². The third-order valence-electron chi connectivity index (χ3n) is 8.52. The SMILES string of the molecule is CCC(=O)N1CCc2nc3cc(C4CCN(C(=O)C5CC56CCC6)CC4)[nH]n3c(=O)c2C1. The van der Waals surface area contributed by atoms with Crippen LogP contribution in [0.25, 0.3) is 5.65 Å². The lowest BCUT2D eigenvalue weighted by molar-refractivity contribution is -0.135. The van der Waals surface area contributed by atoms with E-state index < -0.39 is 0 Å². The number of likely N-dealkylation sites (tertiary alicyclic amines) is 1. The van der Waals surface area contributed by atoms with Crippen molar-refractivity contribution in [3.05, 3.63) is 33.4 Å². The average molecular weight is 438 g/mol. The highest BCUT2D eigenvalue weighted by atomic mass is 16.2. The van der Waals surface area contributed by atoms with Crippen LogP contribution in [0.2, 0.25) is 0 Å². The molecule has 2 aromatic rings. The molecule has 2 aromatic heterocycles. The molecule has 6 rings (SSSR count). The smallest absolute Gasteiger partial charge is 0.277 e. The first kappa shape index (κ1) is 20.0. The molecule has 8 heteroatoms. The highest BCUT2D eigenvalue weighted by Gasteiger charge is 2.61. The predicted molar refractivity (Wildman–Crippen MR) is 118 cm³/mol. The zero-order valence-corrected chi connectivity index (χ0v) is 18.7. The van der Waals surface area contributed by atoms with Gasteiger partial charge in [0.2, 0.25) is 11.8 Å². The van der Waals surface area contributed by atoms with E-state index in [1.807, 2.05) is 13.0 Å². The number of aromatic nitrogens is 3. The van der Waals surface area contributed by atoms with E-state index in [9.17, 15) is 14.4 Å². The molecule has 8 nitrogen and oxygen atoms in total. The number of hydrogen-bond acceptors (Lipinski definition) is 4. The van der Waals surface area contributed by atoms with Gasteiger partial charge in [0.15, 0.2) is 5.65 Å². The quantitative estimate of drug-likeness (QED) is 0.797. The van der Waals surface area contributed by atoms with E-state index in [0.29, 0.717) is 54.4 Å². The second-order valence-electron chi connectivity index (χ2n) is 10.2. The molecule has 0 bridgehead atoms. The Kier molecular flexibility index (Phi) is 4.49. The molecule has 1 saturated heterocycles. The van der Waals surface area contributed by atoms with E-state index in [2.05, 4.69) is 10.00 Å². The number of piperidine rings is 1. The third kappa shape index (κ3) is 3.02. The molecule has 1 N–H and O–H groups in total. The molecule has 2 amide bonds. The van der Waals surface area contributed by atoms with Crippen molar-refractivity contribution in [3.63, 3.8) is 0 Å². The minimum absolute atomic E-state index is 0.0723. The highest BCUT2D eigenvalue weighted by Crippen LogP contribution is 2.66. The molecule has 1 atom stereocenters.